The third-order valence-electron chi connectivity index (χ3n) is 10.8. The van der Waals surface area contributed by atoms with Crippen LogP contribution in [-0.4, -0.2) is 82.3 Å². The molecule has 2 saturated carbocycles. The lowest BCUT2D eigenvalue weighted by Gasteiger charge is -2.41. The molecule has 0 bridgehead atoms. The highest BCUT2D eigenvalue weighted by Crippen LogP contribution is 2.40. The quantitative estimate of drug-likeness (QED) is 0.348. The van der Waals surface area contributed by atoms with Crippen molar-refractivity contribution in [2.75, 3.05) is 47.0 Å². The normalized spacial score (nSPS) is 29.4. The number of anilines is 4. The molecule has 1 aromatic heterocycles. The summed E-state index contributed by atoms with van der Waals surface area (Å²) in [7, 11) is 0. The maximum absolute atomic E-state index is 14.7. The molecule has 1 unspecified atom stereocenters. The van der Waals surface area contributed by atoms with Crippen molar-refractivity contribution in [2.45, 2.75) is 108 Å². The Labute approximate surface area is 264 Å². The van der Waals surface area contributed by atoms with E-state index in [1.807, 2.05) is 0 Å². The summed E-state index contributed by atoms with van der Waals surface area (Å²) in [6.07, 6.45) is 13.2. The zero-order valence-corrected chi connectivity index (χ0v) is 26.1. The maximum atomic E-state index is 14.7. The van der Waals surface area contributed by atoms with Crippen molar-refractivity contribution in [3.05, 3.63) is 36.0 Å². The van der Waals surface area contributed by atoms with Crippen LogP contribution in [0.5, 0.6) is 0 Å². The highest BCUT2D eigenvalue weighted by molar-refractivity contribution is 5.79. The number of hydrogen-bond acceptors (Lipinski definition) is 9. The number of piperidine rings is 1. The molecule has 1 aromatic carbocycles. The minimum absolute atomic E-state index is 0.0286. The first-order chi connectivity index (χ1) is 21.9. The molecule has 0 spiro atoms. The average molecular weight is 624 g/mol. The summed E-state index contributed by atoms with van der Waals surface area (Å²) in [6, 6.07) is 4.80. The standard InChI is InChI=1S/C33H47F2N9O/c34-22-5-12-28(27(35)19-22)39-33-40-29-20-37-32(38-24-8-6-23(36)7-9-24)41-30(29)44(33)26-10-3-21(4-11-26)31(45)43-17-13-25(14-18-43)42-15-1-2-16-42/h5,12,19-21,23-26,33,39-40H,1-4,6-11,13-18,36H2,(H,37,38,41)/t21-,23-,24-,26+,33?. The maximum Gasteiger partial charge on any atom is 0.225 e. The van der Waals surface area contributed by atoms with Crippen molar-refractivity contribution in [2.24, 2.45) is 11.7 Å². The van der Waals surface area contributed by atoms with Crippen LogP contribution in [-0.2, 0) is 4.79 Å². The van der Waals surface area contributed by atoms with Gasteiger partial charge in [-0.1, -0.05) is 0 Å². The second kappa shape index (κ2) is 13.2. The topological polar surface area (TPSA) is 115 Å². The Kier molecular flexibility index (Phi) is 8.94. The SMILES string of the molecule is N[C@H]1CC[C@H](Nc2ncc3c(n2)N([C@H]2CC[C@@H](C(=O)N4CCC(N5CCCC5)CC4)CC2)C(Nc2ccc(F)cc2F)N3)CC1. The summed E-state index contributed by atoms with van der Waals surface area (Å²) in [5.74, 6) is 0.373. The Balaban J connectivity index is 1.03. The van der Waals surface area contributed by atoms with E-state index in [9.17, 15) is 13.6 Å². The molecular formula is C33H47F2N9O. The van der Waals surface area contributed by atoms with Gasteiger partial charge < -0.3 is 36.4 Å². The number of fused-ring (bicyclic) bond motifs is 1. The smallest absolute Gasteiger partial charge is 0.225 e. The van der Waals surface area contributed by atoms with E-state index in [0.29, 0.717) is 17.9 Å². The lowest BCUT2D eigenvalue weighted by atomic mass is 9.84. The van der Waals surface area contributed by atoms with E-state index in [2.05, 4.69) is 35.6 Å². The number of carbonyl (C=O) groups excluding carboxylic acids is 1. The molecular weight excluding hydrogens is 576 g/mol. The Morgan fingerprint density at radius 2 is 1.62 bits per heavy atom. The van der Waals surface area contributed by atoms with Crippen LogP contribution in [0, 0.1) is 17.6 Å². The summed E-state index contributed by atoms with van der Waals surface area (Å²) in [5.41, 5.74) is 7.07. The van der Waals surface area contributed by atoms with Gasteiger partial charge >= 0.3 is 0 Å². The molecule has 4 heterocycles. The number of nitrogens with zero attached hydrogens (tertiary/aromatic N) is 5. The predicted octanol–water partition coefficient (Wildman–Crippen LogP) is 4.71. The van der Waals surface area contributed by atoms with E-state index in [4.69, 9.17) is 10.7 Å². The molecule has 2 saturated heterocycles. The fraction of sp³-hybridized carbons (Fsp3) is 0.667. The summed E-state index contributed by atoms with van der Waals surface area (Å²) >= 11 is 0. The van der Waals surface area contributed by atoms with Gasteiger partial charge in [-0.25, -0.2) is 13.8 Å². The Morgan fingerprint density at radius 3 is 2.33 bits per heavy atom. The summed E-state index contributed by atoms with van der Waals surface area (Å²) in [6.45, 7) is 4.13. The molecule has 0 radical (unpaired) electrons. The van der Waals surface area contributed by atoms with Crippen LogP contribution in [0.25, 0.3) is 0 Å². The fourth-order valence-electron chi connectivity index (χ4n) is 8.19. The van der Waals surface area contributed by atoms with Crippen LogP contribution >= 0.6 is 0 Å². The van der Waals surface area contributed by atoms with Crippen LogP contribution in [0.3, 0.4) is 0 Å². The van der Waals surface area contributed by atoms with Crippen molar-refractivity contribution in [1.29, 1.82) is 0 Å². The van der Waals surface area contributed by atoms with Crippen molar-refractivity contribution in [3.8, 4) is 0 Å². The Bertz CT molecular complexity index is 1330. The molecule has 5 aliphatic rings. The monoisotopic (exact) mass is 623 g/mol. The molecule has 2 aliphatic carbocycles. The van der Waals surface area contributed by atoms with Crippen LogP contribution in [0.15, 0.2) is 24.4 Å². The van der Waals surface area contributed by atoms with Gasteiger partial charge in [-0.3, -0.25) is 4.79 Å². The van der Waals surface area contributed by atoms with Gasteiger partial charge in [0.05, 0.1) is 17.6 Å². The van der Waals surface area contributed by atoms with Gasteiger partial charge in [0.15, 0.2) is 12.1 Å². The van der Waals surface area contributed by atoms with Gasteiger partial charge in [-0.15, -0.1) is 0 Å². The zero-order valence-electron chi connectivity index (χ0n) is 26.1. The van der Waals surface area contributed by atoms with Crippen molar-refractivity contribution in [1.82, 2.24) is 19.8 Å². The number of carbonyl (C=O) groups is 1. The van der Waals surface area contributed by atoms with Crippen LogP contribution in [0.1, 0.15) is 77.0 Å². The number of hydrogen-bond donors (Lipinski definition) is 4. The summed E-state index contributed by atoms with van der Waals surface area (Å²) in [4.78, 5) is 30.0. The zero-order chi connectivity index (χ0) is 30.9. The lowest BCUT2D eigenvalue weighted by molar-refractivity contribution is -0.138. The number of nitrogens with two attached hydrogens (primary N) is 1. The summed E-state index contributed by atoms with van der Waals surface area (Å²) < 4.78 is 28.4. The van der Waals surface area contributed by atoms with E-state index in [1.54, 1.807) is 6.20 Å². The Hall–Kier alpha value is -3.25. The molecule has 7 rings (SSSR count). The van der Waals surface area contributed by atoms with E-state index >= 15 is 0 Å². The molecule has 1 atom stereocenters. The highest BCUT2D eigenvalue weighted by atomic mass is 19.1. The average Bonchev–Trinajstić information content (AvgIpc) is 3.72. The van der Waals surface area contributed by atoms with Crippen LogP contribution in [0.2, 0.25) is 0 Å². The minimum atomic E-state index is -0.653. The van der Waals surface area contributed by atoms with Gasteiger partial charge in [-0.05, 0) is 102 Å². The number of nitrogens with one attached hydrogen (secondary N) is 3. The van der Waals surface area contributed by atoms with Crippen molar-refractivity contribution < 1.29 is 13.6 Å². The number of rotatable bonds is 7. The van der Waals surface area contributed by atoms with Gasteiger partial charge in [0.2, 0.25) is 11.9 Å². The molecule has 1 amide bonds. The largest absolute Gasteiger partial charge is 0.351 e. The first-order valence-electron chi connectivity index (χ1n) is 17.1. The second-order valence-corrected chi connectivity index (χ2v) is 13.7. The van der Waals surface area contributed by atoms with Gasteiger partial charge in [0.25, 0.3) is 0 Å². The van der Waals surface area contributed by atoms with E-state index in [1.165, 1.54) is 38.1 Å². The van der Waals surface area contributed by atoms with Crippen molar-refractivity contribution >= 4 is 29.0 Å². The Morgan fingerprint density at radius 1 is 0.889 bits per heavy atom. The molecule has 244 valence electrons. The molecule has 3 aliphatic heterocycles. The van der Waals surface area contributed by atoms with Gasteiger partial charge in [0.1, 0.15) is 11.6 Å². The number of likely N-dealkylation sites (tertiary alicyclic amines) is 2. The second-order valence-electron chi connectivity index (χ2n) is 13.7. The van der Waals surface area contributed by atoms with Crippen molar-refractivity contribution in [3.63, 3.8) is 0 Å². The first kappa shape index (κ1) is 30.4. The summed E-state index contributed by atoms with van der Waals surface area (Å²) in [5, 5.41) is 10.2. The number of halogens is 2. The first-order valence-corrected chi connectivity index (χ1v) is 17.1. The number of aromatic nitrogens is 2. The third kappa shape index (κ3) is 6.67. The molecule has 12 heteroatoms. The van der Waals surface area contributed by atoms with Gasteiger partial charge in [-0.2, -0.15) is 4.98 Å². The van der Waals surface area contributed by atoms with E-state index < -0.39 is 17.9 Å². The minimum Gasteiger partial charge on any atom is -0.351 e. The van der Waals surface area contributed by atoms with Crippen LogP contribution in [0.4, 0.5) is 31.9 Å². The molecule has 45 heavy (non-hydrogen) atoms. The van der Waals surface area contributed by atoms with Gasteiger partial charge in [0, 0.05) is 49.2 Å². The predicted molar refractivity (Wildman–Crippen MR) is 172 cm³/mol. The molecule has 2 aromatic rings. The number of benzene rings is 1. The molecule has 10 nitrogen and oxygen atoms in total. The third-order valence-corrected chi connectivity index (χ3v) is 10.8. The molecule has 4 fully saturated rings. The molecule has 5 N–H and O–H groups in total. The lowest BCUT2D eigenvalue weighted by Crippen LogP contribution is -2.51. The highest BCUT2D eigenvalue weighted by Gasteiger charge is 2.40. The number of amides is 1. The van der Waals surface area contributed by atoms with E-state index in [0.717, 1.165) is 94.9 Å². The fourth-order valence-corrected chi connectivity index (χ4v) is 8.19. The van der Waals surface area contributed by atoms with Crippen LogP contribution < -0.4 is 26.6 Å². The van der Waals surface area contributed by atoms with E-state index in [-0.39, 0.29) is 29.7 Å².